The number of hydrogen-bond acceptors (Lipinski definition) is 2. The summed E-state index contributed by atoms with van der Waals surface area (Å²) < 4.78 is 2.14. The quantitative estimate of drug-likeness (QED) is 0.856. The number of phenols is 1. The van der Waals surface area contributed by atoms with Crippen molar-refractivity contribution in [3.05, 3.63) is 30.0 Å². The van der Waals surface area contributed by atoms with Gasteiger partial charge in [0.05, 0.1) is 5.52 Å². The first-order chi connectivity index (χ1) is 8.04. The van der Waals surface area contributed by atoms with E-state index in [9.17, 15) is 10.2 Å². The Kier molecular flexibility index (Phi) is 3.11. The van der Waals surface area contributed by atoms with E-state index in [1.807, 2.05) is 13.0 Å². The first-order valence-corrected chi connectivity index (χ1v) is 5.99. The highest BCUT2D eigenvalue weighted by atomic mass is 16.3. The maximum absolute atomic E-state index is 9.58. The molecule has 17 heavy (non-hydrogen) atoms. The molecule has 1 heterocycles. The van der Waals surface area contributed by atoms with Gasteiger partial charge in [0.25, 0.3) is 0 Å². The van der Waals surface area contributed by atoms with E-state index in [0.717, 1.165) is 16.5 Å². The molecule has 3 nitrogen and oxygen atoms in total. The van der Waals surface area contributed by atoms with E-state index in [0.29, 0.717) is 6.04 Å². The standard InChI is InChI=1S/C14H19NO2/c1-9(2)15-7-13(10(3)8-16)12-5-4-11(17)6-14(12)15/h4-7,9-10,16-17H,8H2,1-3H3. The Labute approximate surface area is 101 Å². The minimum Gasteiger partial charge on any atom is -0.508 e. The van der Waals surface area contributed by atoms with Crippen LogP contribution in [0.15, 0.2) is 24.4 Å². The van der Waals surface area contributed by atoms with Crippen molar-refractivity contribution in [3.8, 4) is 5.75 Å². The monoisotopic (exact) mass is 233 g/mol. The summed E-state index contributed by atoms with van der Waals surface area (Å²) in [6, 6.07) is 5.73. The molecule has 2 aromatic rings. The van der Waals surface area contributed by atoms with Gasteiger partial charge in [0.15, 0.2) is 0 Å². The van der Waals surface area contributed by atoms with Crippen LogP contribution in [0.4, 0.5) is 0 Å². The minimum absolute atomic E-state index is 0.113. The van der Waals surface area contributed by atoms with E-state index in [1.165, 1.54) is 0 Å². The summed E-state index contributed by atoms with van der Waals surface area (Å²) in [5.74, 6) is 0.391. The zero-order valence-corrected chi connectivity index (χ0v) is 10.5. The van der Waals surface area contributed by atoms with Gasteiger partial charge in [0.2, 0.25) is 0 Å². The molecule has 0 saturated heterocycles. The van der Waals surface area contributed by atoms with Crippen LogP contribution in [-0.2, 0) is 0 Å². The topological polar surface area (TPSA) is 45.4 Å². The Morgan fingerprint density at radius 3 is 2.53 bits per heavy atom. The van der Waals surface area contributed by atoms with Crippen LogP contribution in [0.3, 0.4) is 0 Å². The zero-order valence-electron chi connectivity index (χ0n) is 10.5. The second kappa shape index (κ2) is 4.41. The number of aromatic hydroxyl groups is 1. The normalized spacial score (nSPS) is 13.5. The molecule has 0 aliphatic carbocycles. The molecule has 0 spiro atoms. The minimum atomic E-state index is 0.113. The van der Waals surface area contributed by atoms with Crippen LogP contribution in [0.25, 0.3) is 10.9 Å². The molecule has 0 fully saturated rings. The number of benzene rings is 1. The van der Waals surface area contributed by atoms with Gasteiger partial charge < -0.3 is 14.8 Å². The lowest BCUT2D eigenvalue weighted by molar-refractivity contribution is 0.273. The number of rotatable bonds is 3. The highest BCUT2D eigenvalue weighted by Gasteiger charge is 2.15. The van der Waals surface area contributed by atoms with Crippen LogP contribution >= 0.6 is 0 Å². The molecule has 1 aromatic heterocycles. The smallest absolute Gasteiger partial charge is 0.117 e. The molecule has 92 valence electrons. The molecular formula is C14H19NO2. The van der Waals surface area contributed by atoms with Gasteiger partial charge in [-0.25, -0.2) is 0 Å². The third kappa shape index (κ3) is 2.03. The molecule has 0 saturated carbocycles. The predicted molar refractivity (Wildman–Crippen MR) is 69.5 cm³/mol. The van der Waals surface area contributed by atoms with E-state index in [2.05, 4.69) is 24.6 Å². The summed E-state index contributed by atoms with van der Waals surface area (Å²) in [5.41, 5.74) is 2.16. The lowest BCUT2D eigenvalue weighted by Crippen LogP contribution is -1.99. The SMILES string of the molecule is CC(CO)c1cn(C(C)C)c2cc(O)ccc12. The summed E-state index contributed by atoms with van der Waals surface area (Å²) in [6.07, 6.45) is 2.08. The highest BCUT2D eigenvalue weighted by Crippen LogP contribution is 2.31. The zero-order chi connectivity index (χ0) is 12.6. The summed E-state index contributed by atoms with van der Waals surface area (Å²) in [7, 11) is 0. The molecule has 0 amide bonds. The van der Waals surface area contributed by atoms with Crippen molar-refractivity contribution >= 4 is 10.9 Å². The van der Waals surface area contributed by atoms with E-state index in [-0.39, 0.29) is 18.3 Å². The van der Waals surface area contributed by atoms with Crippen molar-refractivity contribution in [3.63, 3.8) is 0 Å². The van der Waals surface area contributed by atoms with E-state index in [4.69, 9.17) is 0 Å². The Balaban J connectivity index is 2.70. The van der Waals surface area contributed by atoms with Gasteiger partial charge in [-0.15, -0.1) is 0 Å². The van der Waals surface area contributed by atoms with Gasteiger partial charge in [-0.2, -0.15) is 0 Å². The molecule has 1 aromatic carbocycles. The first kappa shape index (κ1) is 12.0. The second-order valence-electron chi connectivity index (χ2n) is 4.87. The lowest BCUT2D eigenvalue weighted by Gasteiger charge is -2.09. The molecule has 1 unspecified atom stereocenters. The Hall–Kier alpha value is -1.48. The summed E-state index contributed by atoms with van der Waals surface area (Å²) in [4.78, 5) is 0. The van der Waals surface area contributed by atoms with Crippen LogP contribution < -0.4 is 0 Å². The van der Waals surface area contributed by atoms with Crippen molar-refractivity contribution < 1.29 is 10.2 Å². The van der Waals surface area contributed by atoms with Gasteiger partial charge in [-0.05, 0) is 31.5 Å². The number of hydrogen-bond donors (Lipinski definition) is 2. The Morgan fingerprint density at radius 2 is 1.94 bits per heavy atom. The fourth-order valence-electron chi connectivity index (χ4n) is 2.18. The molecule has 1 atom stereocenters. The molecule has 0 aliphatic heterocycles. The number of aliphatic hydroxyl groups is 1. The third-order valence-corrected chi connectivity index (χ3v) is 3.21. The van der Waals surface area contributed by atoms with Gasteiger partial charge in [0.1, 0.15) is 5.75 Å². The highest BCUT2D eigenvalue weighted by molar-refractivity contribution is 5.86. The number of aromatic nitrogens is 1. The molecule has 0 bridgehead atoms. The lowest BCUT2D eigenvalue weighted by atomic mass is 10.0. The van der Waals surface area contributed by atoms with E-state index < -0.39 is 0 Å². The van der Waals surface area contributed by atoms with Crippen molar-refractivity contribution in [1.82, 2.24) is 4.57 Å². The van der Waals surface area contributed by atoms with Crippen LogP contribution in [0.1, 0.15) is 38.3 Å². The van der Waals surface area contributed by atoms with Crippen molar-refractivity contribution in [1.29, 1.82) is 0 Å². The Bertz CT molecular complexity index is 528. The van der Waals surface area contributed by atoms with Gasteiger partial charge in [-0.3, -0.25) is 0 Å². The molecular weight excluding hydrogens is 214 g/mol. The molecule has 3 heteroatoms. The van der Waals surface area contributed by atoms with Crippen LogP contribution in [0.2, 0.25) is 0 Å². The fourth-order valence-corrected chi connectivity index (χ4v) is 2.18. The summed E-state index contributed by atoms with van der Waals surface area (Å²) in [6.45, 7) is 6.36. The van der Waals surface area contributed by atoms with Crippen LogP contribution in [0, 0.1) is 0 Å². The van der Waals surface area contributed by atoms with Crippen LogP contribution in [-0.4, -0.2) is 21.4 Å². The number of phenolic OH excluding ortho intramolecular Hbond substituents is 1. The predicted octanol–water partition coefficient (Wildman–Crippen LogP) is 3.02. The number of nitrogens with zero attached hydrogens (tertiary/aromatic N) is 1. The van der Waals surface area contributed by atoms with Crippen molar-refractivity contribution in [2.24, 2.45) is 0 Å². The molecule has 0 radical (unpaired) electrons. The molecule has 2 rings (SSSR count). The second-order valence-corrected chi connectivity index (χ2v) is 4.87. The molecule has 0 aliphatic rings. The summed E-state index contributed by atoms with van der Waals surface area (Å²) >= 11 is 0. The maximum Gasteiger partial charge on any atom is 0.117 e. The molecule has 2 N–H and O–H groups in total. The van der Waals surface area contributed by atoms with Crippen molar-refractivity contribution in [2.75, 3.05) is 6.61 Å². The van der Waals surface area contributed by atoms with Gasteiger partial charge in [-0.1, -0.05) is 6.92 Å². The number of aliphatic hydroxyl groups excluding tert-OH is 1. The van der Waals surface area contributed by atoms with Crippen molar-refractivity contribution in [2.45, 2.75) is 32.7 Å². The summed E-state index contributed by atoms with van der Waals surface area (Å²) in [5, 5.41) is 20.0. The van der Waals surface area contributed by atoms with Gasteiger partial charge >= 0.3 is 0 Å². The average molecular weight is 233 g/mol. The fraction of sp³-hybridized carbons (Fsp3) is 0.429. The Morgan fingerprint density at radius 1 is 1.24 bits per heavy atom. The van der Waals surface area contributed by atoms with E-state index >= 15 is 0 Å². The maximum atomic E-state index is 9.58. The number of fused-ring (bicyclic) bond motifs is 1. The van der Waals surface area contributed by atoms with Crippen LogP contribution in [0.5, 0.6) is 5.75 Å². The largest absolute Gasteiger partial charge is 0.508 e. The average Bonchev–Trinajstić information content (AvgIpc) is 2.66. The van der Waals surface area contributed by atoms with E-state index in [1.54, 1.807) is 12.1 Å². The third-order valence-electron chi connectivity index (χ3n) is 3.21. The first-order valence-electron chi connectivity index (χ1n) is 5.99. The van der Waals surface area contributed by atoms with Gasteiger partial charge in [0, 0.05) is 36.2 Å².